The minimum absolute atomic E-state index is 0.0619. The number of nitro groups is 1. The summed E-state index contributed by atoms with van der Waals surface area (Å²) in [4.78, 5) is 10.6. The minimum Gasteiger partial charge on any atom is -0.505 e. The Hall–Kier alpha value is -2.76. The molecule has 1 unspecified atom stereocenters. The third kappa shape index (κ3) is 4.25. The molecule has 0 heterocycles. The molecule has 0 amide bonds. The summed E-state index contributed by atoms with van der Waals surface area (Å²) in [5, 5.41) is 30.0. The van der Waals surface area contributed by atoms with E-state index < -0.39 is 4.92 Å². The Morgan fingerprint density at radius 1 is 1.15 bits per heavy atom. The third-order valence-corrected chi connectivity index (χ3v) is 4.45. The standard InChI is InChI=1S/C20H25N3O3/c1-6-13(2)14-11-15(20(3,4)5)19(24)17(12-14)22-21-16-9-7-8-10-18(16)23(25)26/h7-13,24H,6H2,1-5H3. The molecule has 2 rings (SSSR count). The molecule has 1 N–H and O–H groups in total. The molecule has 0 spiro atoms. The predicted octanol–water partition coefficient (Wildman–Crippen LogP) is 6.53. The lowest BCUT2D eigenvalue weighted by molar-refractivity contribution is -0.384. The number of para-hydroxylation sites is 1. The van der Waals surface area contributed by atoms with Gasteiger partial charge >= 0.3 is 0 Å². The van der Waals surface area contributed by atoms with Gasteiger partial charge in [0.05, 0.1) is 4.92 Å². The van der Waals surface area contributed by atoms with Crippen LogP contribution in [0.5, 0.6) is 5.75 Å². The van der Waals surface area contributed by atoms with Crippen LogP contribution < -0.4 is 0 Å². The summed E-state index contributed by atoms with van der Waals surface area (Å²) in [6.45, 7) is 10.3. The number of hydrogen-bond donors (Lipinski definition) is 1. The first-order chi connectivity index (χ1) is 12.1. The van der Waals surface area contributed by atoms with E-state index in [1.807, 2.05) is 26.8 Å². The van der Waals surface area contributed by atoms with E-state index in [9.17, 15) is 15.2 Å². The summed E-state index contributed by atoms with van der Waals surface area (Å²) < 4.78 is 0. The molecule has 6 heteroatoms. The molecule has 0 fully saturated rings. The second kappa shape index (κ2) is 7.64. The highest BCUT2D eigenvalue weighted by atomic mass is 16.6. The van der Waals surface area contributed by atoms with Gasteiger partial charge in [0.15, 0.2) is 5.69 Å². The Morgan fingerprint density at radius 3 is 2.35 bits per heavy atom. The van der Waals surface area contributed by atoms with Crippen LogP contribution in [-0.4, -0.2) is 10.0 Å². The maximum absolute atomic E-state index is 11.1. The van der Waals surface area contributed by atoms with Crippen molar-refractivity contribution in [2.24, 2.45) is 10.2 Å². The van der Waals surface area contributed by atoms with E-state index in [0.29, 0.717) is 11.6 Å². The van der Waals surface area contributed by atoms with Gasteiger partial charge in [0.1, 0.15) is 11.4 Å². The van der Waals surface area contributed by atoms with Gasteiger partial charge in [0.25, 0.3) is 5.69 Å². The van der Waals surface area contributed by atoms with Crippen LogP contribution in [0.2, 0.25) is 0 Å². The van der Waals surface area contributed by atoms with Crippen molar-refractivity contribution in [1.82, 2.24) is 0 Å². The third-order valence-electron chi connectivity index (χ3n) is 4.45. The molecule has 138 valence electrons. The summed E-state index contributed by atoms with van der Waals surface area (Å²) in [5.41, 5.74) is 1.94. The zero-order valence-electron chi connectivity index (χ0n) is 15.9. The van der Waals surface area contributed by atoms with Crippen molar-refractivity contribution in [2.75, 3.05) is 0 Å². The average molecular weight is 355 g/mol. The molecule has 0 bridgehead atoms. The lowest BCUT2D eigenvalue weighted by atomic mass is 9.83. The molecule has 0 aromatic heterocycles. The Kier molecular flexibility index (Phi) is 5.75. The van der Waals surface area contributed by atoms with Crippen molar-refractivity contribution in [3.8, 4) is 5.75 Å². The summed E-state index contributed by atoms with van der Waals surface area (Å²) in [6.07, 6.45) is 0.953. The van der Waals surface area contributed by atoms with E-state index in [4.69, 9.17) is 0 Å². The summed E-state index contributed by atoms with van der Waals surface area (Å²) in [7, 11) is 0. The van der Waals surface area contributed by atoms with Crippen LogP contribution >= 0.6 is 0 Å². The second-order valence-corrected chi connectivity index (χ2v) is 7.44. The fourth-order valence-corrected chi connectivity index (χ4v) is 2.62. The SMILES string of the molecule is CCC(C)c1cc(N=Nc2ccccc2[N+](=O)[O-])c(O)c(C(C)(C)C)c1. The van der Waals surface area contributed by atoms with E-state index in [-0.39, 0.29) is 22.5 Å². The zero-order valence-corrected chi connectivity index (χ0v) is 15.9. The predicted molar refractivity (Wildman–Crippen MR) is 103 cm³/mol. The van der Waals surface area contributed by atoms with Gasteiger partial charge in [0, 0.05) is 11.6 Å². The van der Waals surface area contributed by atoms with Crippen molar-refractivity contribution >= 4 is 17.1 Å². The zero-order chi connectivity index (χ0) is 19.5. The second-order valence-electron chi connectivity index (χ2n) is 7.44. The highest BCUT2D eigenvalue weighted by molar-refractivity contribution is 5.61. The minimum atomic E-state index is -0.496. The van der Waals surface area contributed by atoms with Crippen LogP contribution in [-0.2, 0) is 5.41 Å². The maximum atomic E-state index is 11.1. The highest BCUT2D eigenvalue weighted by Gasteiger charge is 2.23. The van der Waals surface area contributed by atoms with Crippen LogP contribution in [0.4, 0.5) is 17.1 Å². The number of hydrogen-bond acceptors (Lipinski definition) is 5. The number of nitrogens with zero attached hydrogens (tertiary/aromatic N) is 3. The summed E-state index contributed by atoms with van der Waals surface area (Å²) in [6, 6.07) is 9.96. The number of nitro benzene ring substituents is 1. The number of azo groups is 1. The Morgan fingerprint density at radius 2 is 1.77 bits per heavy atom. The molecule has 0 saturated heterocycles. The first-order valence-electron chi connectivity index (χ1n) is 8.67. The van der Waals surface area contributed by atoms with Crippen molar-refractivity contribution in [2.45, 2.75) is 52.4 Å². The van der Waals surface area contributed by atoms with E-state index >= 15 is 0 Å². The Balaban J connectivity index is 2.57. The van der Waals surface area contributed by atoms with E-state index in [0.717, 1.165) is 17.5 Å². The lowest BCUT2D eigenvalue weighted by Gasteiger charge is -2.23. The van der Waals surface area contributed by atoms with E-state index in [2.05, 4.69) is 24.1 Å². The van der Waals surface area contributed by atoms with Crippen LogP contribution in [0.25, 0.3) is 0 Å². The number of aromatic hydroxyl groups is 1. The van der Waals surface area contributed by atoms with E-state index in [1.54, 1.807) is 18.2 Å². The molecule has 26 heavy (non-hydrogen) atoms. The van der Waals surface area contributed by atoms with Gasteiger partial charge < -0.3 is 5.11 Å². The van der Waals surface area contributed by atoms with Crippen molar-refractivity contribution in [1.29, 1.82) is 0 Å². The molecule has 0 aliphatic rings. The molecule has 2 aromatic carbocycles. The Bertz CT molecular complexity index is 839. The first kappa shape index (κ1) is 19.6. The molecular weight excluding hydrogens is 330 g/mol. The van der Waals surface area contributed by atoms with Crippen LogP contribution in [0.3, 0.4) is 0 Å². The van der Waals surface area contributed by atoms with Gasteiger partial charge in [-0.3, -0.25) is 10.1 Å². The summed E-state index contributed by atoms with van der Waals surface area (Å²) >= 11 is 0. The monoisotopic (exact) mass is 355 g/mol. The van der Waals surface area contributed by atoms with Gasteiger partial charge in [-0.2, -0.15) is 0 Å². The molecule has 0 aliphatic carbocycles. The van der Waals surface area contributed by atoms with Gasteiger partial charge in [-0.1, -0.05) is 52.8 Å². The van der Waals surface area contributed by atoms with Crippen LogP contribution in [0.1, 0.15) is 58.1 Å². The molecule has 0 radical (unpaired) electrons. The number of phenols is 1. The maximum Gasteiger partial charge on any atom is 0.296 e. The van der Waals surface area contributed by atoms with E-state index in [1.165, 1.54) is 12.1 Å². The first-order valence-corrected chi connectivity index (χ1v) is 8.67. The molecule has 2 aromatic rings. The number of rotatable bonds is 5. The van der Waals surface area contributed by atoms with Crippen LogP contribution in [0, 0.1) is 10.1 Å². The number of phenolic OH excluding ortho intramolecular Hbond substituents is 1. The van der Waals surface area contributed by atoms with Gasteiger partial charge in [-0.05, 0) is 35.4 Å². The fourth-order valence-electron chi connectivity index (χ4n) is 2.62. The normalized spacial score (nSPS) is 13.1. The van der Waals surface area contributed by atoms with Gasteiger partial charge in [0.2, 0.25) is 0 Å². The Labute approximate surface area is 153 Å². The number of benzene rings is 2. The van der Waals surface area contributed by atoms with Crippen molar-refractivity contribution in [3.05, 3.63) is 57.6 Å². The van der Waals surface area contributed by atoms with Gasteiger partial charge in [-0.15, -0.1) is 10.2 Å². The smallest absolute Gasteiger partial charge is 0.296 e. The molecule has 0 aliphatic heterocycles. The largest absolute Gasteiger partial charge is 0.505 e. The molecule has 0 saturated carbocycles. The van der Waals surface area contributed by atoms with Crippen LogP contribution in [0.15, 0.2) is 46.6 Å². The fraction of sp³-hybridized carbons (Fsp3) is 0.400. The van der Waals surface area contributed by atoms with Crippen molar-refractivity contribution < 1.29 is 10.0 Å². The lowest BCUT2D eigenvalue weighted by Crippen LogP contribution is -2.12. The summed E-state index contributed by atoms with van der Waals surface area (Å²) in [5.74, 6) is 0.364. The average Bonchev–Trinajstić information content (AvgIpc) is 2.59. The highest BCUT2D eigenvalue weighted by Crippen LogP contribution is 2.41. The molecular formula is C20H25N3O3. The molecule has 6 nitrogen and oxygen atoms in total. The van der Waals surface area contributed by atoms with Gasteiger partial charge in [-0.25, -0.2) is 0 Å². The van der Waals surface area contributed by atoms with Crippen molar-refractivity contribution in [3.63, 3.8) is 0 Å². The molecule has 1 atom stereocenters. The topological polar surface area (TPSA) is 88.1 Å². The quantitative estimate of drug-likeness (QED) is 0.376.